The topological polar surface area (TPSA) is 29.5 Å². The number of hydrogen-bond acceptors (Lipinski definition) is 3. The minimum atomic E-state index is -0.186. The van der Waals surface area contributed by atoms with Crippen molar-refractivity contribution in [3.8, 4) is 11.1 Å². The van der Waals surface area contributed by atoms with Crippen LogP contribution in [0.3, 0.4) is 0 Å². The zero-order chi connectivity index (χ0) is 20.9. The quantitative estimate of drug-likeness (QED) is 0.433. The first-order chi connectivity index (χ1) is 15.2. The van der Waals surface area contributed by atoms with Gasteiger partial charge in [0.05, 0.1) is 10.4 Å². The number of nitrogens with zero attached hydrogens (tertiary/aromatic N) is 1. The van der Waals surface area contributed by atoms with Gasteiger partial charge < -0.3 is 4.74 Å². The molecule has 0 spiro atoms. The molecular weight excluding hydrogens is 426 g/mol. The summed E-state index contributed by atoms with van der Waals surface area (Å²) in [5.41, 5.74) is 6.30. The van der Waals surface area contributed by atoms with E-state index in [0.717, 1.165) is 23.6 Å². The predicted molar refractivity (Wildman–Crippen MR) is 126 cm³/mol. The molecule has 1 aliphatic carbocycles. The Morgan fingerprint density at radius 2 is 1.71 bits per heavy atom. The van der Waals surface area contributed by atoms with Crippen LogP contribution in [0.25, 0.3) is 16.7 Å². The summed E-state index contributed by atoms with van der Waals surface area (Å²) in [6, 6.07) is 21.2. The van der Waals surface area contributed by atoms with Crippen LogP contribution < -0.4 is 0 Å². The zero-order valence-corrected chi connectivity index (χ0v) is 18.5. The van der Waals surface area contributed by atoms with Crippen molar-refractivity contribution in [1.82, 2.24) is 4.90 Å². The number of benzene rings is 2. The van der Waals surface area contributed by atoms with Crippen LogP contribution in [0.5, 0.6) is 0 Å². The first-order valence-corrected chi connectivity index (χ1v) is 12.0. The van der Waals surface area contributed by atoms with Crippen molar-refractivity contribution in [1.29, 1.82) is 0 Å². The Balaban J connectivity index is 1.20. The van der Waals surface area contributed by atoms with Gasteiger partial charge in [-0.25, -0.2) is 4.79 Å². The lowest BCUT2D eigenvalue weighted by atomic mass is 9.98. The second kappa shape index (κ2) is 7.54. The maximum Gasteiger partial charge on any atom is 0.410 e. The molecule has 2 aromatic carbocycles. The normalized spacial score (nSPS) is 21.6. The molecule has 0 radical (unpaired) electrons. The molecule has 3 heterocycles. The number of fused-ring (bicyclic) bond motifs is 5. The first kappa shape index (κ1) is 19.1. The van der Waals surface area contributed by atoms with E-state index in [2.05, 4.69) is 60.7 Å². The average molecular weight is 448 g/mol. The van der Waals surface area contributed by atoms with Crippen molar-refractivity contribution in [2.75, 3.05) is 6.61 Å². The summed E-state index contributed by atoms with van der Waals surface area (Å²) in [5.74, 6) is 0.0955. The van der Waals surface area contributed by atoms with E-state index in [1.807, 2.05) is 11.0 Å². The molecule has 1 saturated heterocycles. The molecule has 1 amide bonds. The highest BCUT2D eigenvalue weighted by molar-refractivity contribution is 7.17. The van der Waals surface area contributed by atoms with Gasteiger partial charge in [0, 0.05) is 16.8 Å². The lowest BCUT2D eigenvalue weighted by Crippen LogP contribution is -2.43. The van der Waals surface area contributed by atoms with Crippen molar-refractivity contribution in [3.05, 3.63) is 87.1 Å². The van der Waals surface area contributed by atoms with Crippen molar-refractivity contribution < 1.29 is 9.53 Å². The fraction of sp³-hybridized carbons (Fsp3) is 0.269. The fourth-order valence-corrected chi connectivity index (χ4v) is 6.53. The van der Waals surface area contributed by atoms with E-state index >= 15 is 0 Å². The third-order valence-electron chi connectivity index (χ3n) is 6.83. The van der Waals surface area contributed by atoms with E-state index in [4.69, 9.17) is 16.3 Å². The van der Waals surface area contributed by atoms with Crippen molar-refractivity contribution >= 4 is 34.6 Å². The number of carbonyl (C=O) groups is 1. The van der Waals surface area contributed by atoms with Crippen LogP contribution in [0, 0.1) is 0 Å². The van der Waals surface area contributed by atoms with E-state index in [1.165, 1.54) is 32.7 Å². The molecule has 3 aliphatic rings. The minimum absolute atomic E-state index is 0.0955. The third-order valence-corrected chi connectivity index (χ3v) is 8.14. The Bertz CT molecular complexity index is 1150. The molecule has 1 aromatic heterocycles. The Morgan fingerprint density at radius 3 is 2.35 bits per heavy atom. The molecule has 156 valence electrons. The Labute approximate surface area is 190 Å². The van der Waals surface area contributed by atoms with Gasteiger partial charge in [-0.15, -0.1) is 11.3 Å². The smallest absolute Gasteiger partial charge is 0.410 e. The standard InChI is InChI=1S/C26H22ClNO2S/c27-25-12-11-24(31-25)16-13-17-9-10-18(14-16)28(17)26(29)30-15-23-21-7-3-1-5-19(21)20-6-2-4-8-22(20)23/h1-8,11-13,17-18,23H,9-10,14-15H2. The molecule has 3 aromatic rings. The fourth-order valence-electron chi connectivity index (χ4n) is 5.45. The highest BCUT2D eigenvalue weighted by atomic mass is 35.5. The monoisotopic (exact) mass is 447 g/mol. The minimum Gasteiger partial charge on any atom is -0.448 e. The summed E-state index contributed by atoms with van der Waals surface area (Å²) in [5, 5.41) is 0. The summed E-state index contributed by atoms with van der Waals surface area (Å²) < 4.78 is 6.75. The second-order valence-corrected chi connectivity index (χ2v) is 10.2. The predicted octanol–water partition coefficient (Wildman–Crippen LogP) is 6.97. The number of ether oxygens (including phenoxy) is 1. The number of amides is 1. The summed E-state index contributed by atoms with van der Waals surface area (Å²) in [6.45, 7) is 0.375. The van der Waals surface area contributed by atoms with Crippen molar-refractivity contribution in [2.45, 2.75) is 37.3 Å². The average Bonchev–Trinajstić information content (AvgIpc) is 3.44. The number of halogens is 1. The molecule has 2 atom stereocenters. The Kier molecular flexibility index (Phi) is 4.66. The lowest BCUT2D eigenvalue weighted by molar-refractivity contribution is 0.0867. The van der Waals surface area contributed by atoms with Gasteiger partial charge >= 0.3 is 6.09 Å². The van der Waals surface area contributed by atoms with Gasteiger partial charge in [0.1, 0.15) is 6.61 Å². The number of thiophene rings is 1. The highest BCUT2D eigenvalue weighted by Gasteiger charge is 2.41. The van der Waals surface area contributed by atoms with E-state index in [0.29, 0.717) is 6.61 Å². The Morgan fingerprint density at radius 1 is 1.00 bits per heavy atom. The summed E-state index contributed by atoms with van der Waals surface area (Å²) in [6.07, 6.45) is 4.95. The van der Waals surface area contributed by atoms with Crippen LogP contribution >= 0.6 is 22.9 Å². The molecule has 0 saturated carbocycles. The van der Waals surface area contributed by atoms with Gasteiger partial charge in [0.25, 0.3) is 0 Å². The third kappa shape index (κ3) is 3.20. The molecule has 2 unspecified atom stereocenters. The second-order valence-electron chi connectivity index (χ2n) is 8.51. The molecule has 0 N–H and O–H groups in total. The molecule has 2 bridgehead atoms. The molecule has 2 aliphatic heterocycles. The molecule has 6 rings (SSSR count). The van der Waals surface area contributed by atoms with Crippen LogP contribution in [0.15, 0.2) is 66.7 Å². The SMILES string of the molecule is O=C(OCC1c2ccccc2-c2ccccc21)N1C2C=C(c3ccc(Cl)s3)CC1CC2. The van der Waals surface area contributed by atoms with Gasteiger partial charge in [-0.1, -0.05) is 66.2 Å². The molecule has 1 fully saturated rings. The van der Waals surface area contributed by atoms with Crippen LogP contribution in [0.4, 0.5) is 4.79 Å². The van der Waals surface area contributed by atoms with E-state index in [9.17, 15) is 4.79 Å². The molecule has 31 heavy (non-hydrogen) atoms. The molecule has 3 nitrogen and oxygen atoms in total. The van der Waals surface area contributed by atoms with Gasteiger partial charge in [0.15, 0.2) is 0 Å². The Hall–Kier alpha value is -2.56. The highest BCUT2D eigenvalue weighted by Crippen LogP contribution is 2.45. The van der Waals surface area contributed by atoms with Gasteiger partial charge in [-0.2, -0.15) is 0 Å². The van der Waals surface area contributed by atoms with Crippen LogP contribution in [-0.4, -0.2) is 29.7 Å². The van der Waals surface area contributed by atoms with Crippen LogP contribution in [-0.2, 0) is 4.74 Å². The maximum absolute atomic E-state index is 13.1. The largest absolute Gasteiger partial charge is 0.448 e. The van der Waals surface area contributed by atoms with Crippen molar-refractivity contribution in [2.24, 2.45) is 0 Å². The van der Waals surface area contributed by atoms with E-state index in [1.54, 1.807) is 11.3 Å². The van der Waals surface area contributed by atoms with E-state index in [-0.39, 0.29) is 24.1 Å². The molecule has 5 heteroatoms. The maximum atomic E-state index is 13.1. The number of hydrogen-bond donors (Lipinski definition) is 0. The summed E-state index contributed by atoms with van der Waals surface area (Å²) >= 11 is 7.74. The van der Waals surface area contributed by atoms with Crippen LogP contribution in [0.1, 0.15) is 41.2 Å². The number of carbonyl (C=O) groups excluding carboxylic acids is 1. The zero-order valence-electron chi connectivity index (χ0n) is 17.0. The van der Waals surface area contributed by atoms with Crippen molar-refractivity contribution in [3.63, 3.8) is 0 Å². The van der Waals surface area contributed by atoms with Gasteiger partial charge in [0.2, 0.25) is 0 Å². The number of rotatable bonds is 3. The van der Waals surface area contributed by atoms with Crippen LogP contribution in [0.2, 0.25) is 4.34 Å². The summed E-state index contributed by atoms with van der Waals surface area (Å²) in [4.78, 5) is 16.3. The van der Waals surface area contributed by atoms with Gasteiger partial charge in [-0.3, -0.25) is 4.90 Å². The lowest BCUT2D eigenvalue weighted by Gasteiger charge is -2.33. The van der Waals surface area contributed by atoms with E-state index < -0.39 is 0 Å². The summed E-state index contributed by atoms with van der Waals surface area (Å²) in [7, 11) is 0. The van der Waals surface area contributed by atoms with Gasteiger partial charge in [-0.05, 0) is 59.2 Å². The molecular formula is C26H22ClNO2S. The first-order valence-electron chi connectivity index (χ1n) is 10.8.